The molecular weight excluding hydrogens is 368 g/mol. The number of nitrogens with one attached hydrogen (secondary N) is 1. The van der Waals surface area contributed by atoms with Gasteiger partial charge in [0, 0.05) is 37.9 Å². The monoisotopic (exact) mass is 391 g/mol. The summed E-state index contributed by atoms with van der Waals surface area (Å²) in [6.07, 6.45) is 0. The summed E-state index contributed by atoms with van der Waals surface area (Å²) in [4.78, 5) is 16.2. The van der Waals surface area contributed by atoms with Crippen molar-refractivity contribution in [1.29, 1.82) is 0 Å². The van der Waals surface area contributed by atoms with E-state index in [1.807, 2.05) is 24.3 Å². The quantitative estimate of drug-likeness (QED) is 0.770. The summed E-state index contributed by atoms with van der Waals surface area (Å²) < 4.78 is 36.5. The number of urea groups is 1. The zero-order valence-electron chi connectivity index (χ0n) is 15.7. The SMILES string of the molecule is COc1ccc(N2CCN(C(=O)NCCOc3ccc(F)c(F)c3)CC2)cc1. The summed E-state index contributed by atoms with van der Waals surface area (Å²) in [7, 11) is 1.63. The number of piperazine rings is 1. The van der Waals surface area contributed by atoms with Crippen molar-refractivity contribution in [2.75, 3.05) is 51.3 Å². The normalized spacial score (nSPS) is 14.0. The lowest BCUT2D eigenvalue weighted by molar-refractivity contribution is 0.191. The molecule has 2 aromatic rings. The smallest absolute Gasteiger partial charge is 0.317 e. The third-order valence-electron chi connectivity index (χ3n) is 4.54. The van der Waals surface area contributed by atoms with E-state index in [1.54, 1.807) is 12.0 Å². The Labute approximate surface area is 162 Å². The minimum atomic E-state index is -0.962. The minimum Gasteiger partial charge on any atom is -0.497 e. The molecule has 0 saturated carbocycles. The topological polar surface area (TPSA) is 54.0 Å². The molecule has 1 heterocycles. The van der Waals surface area contributed by atoms with Crippen LogP contribution in [-0.2, 0) is 0 Å². The van der Waals surface area contributed by atoms with Crippen molar-refractivity contribution < 1.29 is 23.0 Å². The van der Waals surface area contributed by atoms with Crippen LogP contribution in [0, 0.1) is 11.6 Å². The van der Waals surface area contributed by atoms with Crippen LogP contribution in [0.1, 0.15) is 0 Å². The summed E-state index contributed by atoms with van der Waals surface area (Å²) >= 11 is 0. The van der Waals surface area contributed by atoms with Crippen LogP contribution in [0.25, 0.3) is 0 Å². The Morgan fingerprint density at radius 2 is 1.68 bits per heavy atom. The number of rotatable bonds is 6. The van der Waals surface area contributed by atoms with Crippen LogP contribution in [0.4, 0.5) is 19.3 Å². The van der Waals surface area contributed by atoms with Gasteiger partial charge in [-0.1, -0.05) is 0 Å². The fourth-order valence-electron chi connectivity index (χ4n) is 2.97. The average Bonchev–Trinajstić information content (AvgIpc) is 2.73. The van der Waals surface area contributed by atoms with Gasteiger partial charge in [-0.25, -0.2) is 13.6 Å². The molecule has 1 fully saturated rings. The molecule has 0 spiro atoms. The molecule has 150 valence electrons. The van der Waals surface area contributed by atoms with Crippen LogP contribution >= 0.6 is 0 Å². The number of ether oxygens (including phenoxy) is 2. The maximum atomic E-state index is 13.1. The number of methoxy groups -OCH3 is 1. The third kappa shape index (κ3) is 5.03. The molecule has 0 atom stereocenters. The number of benzene rings is 2. The molecule has 0 unspecified atom stereocenters. The number of hydrogen-bond acceptors (Lipinski definition) is 4. The lowest BCUT2D eigenvalue weighted by Crippen LogP contribution is -2.52. The van der Waals surface area contributed by atoms with E-state index in [1.165, 1.54) is 6.07 Å². The van der Waals surface area contributed by atoms with Gasteiger partial charge in [-0.05, 0) is 36.4 Å². The summed E-state index contributed by atoms with van der Waals surface area (Å²) in [5.41, 5.74) is 1.10. The summed E-state index contributed by atoms with van der Waals surface area (Å²) in [6.45, 7) is 3.15. The lowest BCUT2D eigenvalue weighted by Gasteiger charge is -2.36. The number of carbonyl (C=O) groups excluding carboxylic acids is 1. The molecule has 1 saturated heterocycles. The van der Waals surface area contributed by atoms with Gasteiger partial charge in [0.15, 0.2) is 11.6 Å². The van der Waals surface area contributed by atoms with E-state index in [9.17, 15) is 13.6 Å². The van der Waals surface area contributed by atoms with Crippen LogP contribution in [-0.4, -0.2) is 57.4 Å². The summed E-state index contributed by atoms with van der Waals surface area (Å²) in [5, 5.41) is 2.78. The van der Waals surface area contributed by atoms with Gasteiger partial charge in [0.25, 0.3) is 0 Å². The van der Waals surface area contributed by atoms with Gasteiger partial charge < -0.3 is 24.6 Å². The van der Waals surface area contributed by atoms with Gasteiger partial charge in [0.1, 0.15) is 18.1 Å². The summed E-state index contributed by atoms with van der Waals surface area (Å²) in [5.74, 6) is -0.848. The Morgan fingerprint density at radius 1 is 1.00 bits per heavy atom. The van der Waals surface area contributed by atoms with Crippen molar-refractivity contribution >= 4 is 11.7 Å². The van der Waals surface area contributed by atoms with Gasteiger partial charge in [-0.3, -0.25) is 0 Å². The molecule has 1 aliphatic rings. The van der Waals surface area contributed by atoms with Gasteiger partial charge >= 0.3 is 6.03 Å². The predicted octanol–water partition coefficient (Wildman–Crippen LogP) is 2.88. The standard InChI is InChI=1S/C20H23F2N3O3/c1-27-16-4-2-15(3-5-16)24-9-11-25(12-10-24)20(26)23-8-13-28-17-6-7-18(21)19(22)14-17/h2-7,14H,8-13H2,1H3,(H,23,26). The van der Waals surface area contributed by atoms with E-state index in [0.29, 0.717) is 13.1 Å². The maximum Gasteiger partial charge on any atom is 0.317 e. The van der Waals surface area contributed by atoms with Crippen LogP contribution in [0.5, 0.6) is 11.5 Å². The number of halogens is 2. The van der Waals surface area contributed by atoms with Gasteiger partial charge in [-0.15, -0.1) is 0 Å². The van der Waals surface area contributed by atoms with Crippen molar-refractivity contribution in [3.8, 4) is 11.5 Å². The number of carbonyl (C=O) groups is 1. The first kappa shape index (κ1) is 19.7. The minimum absolute atomic E-state index is 0.164. The molecule has 0 bridgehead atoms. The average molecular weight is 391 g/mol. The van der Waals surface area contributed by atoms with Crippen molar-refractivity contribution in [1.82, 2.24) is 10.2 Å². The van der Waals surface area contributed by atoms with E-state index < -0.39 is 11.6 Å². The molecule has 0 aromatic heterocycles. The van der Waals surface area contributed by atoms with Crippen molar-refractivity contribution in [2.45, 2.75) is 0 Å². The van der Waals surface area contributed by atoms with E-state index in [2.05, 4.69) is 10.2 Å². The highest BCUT2D eigenvalue weighted by atomic mass is 19.2. The first-order valence-electron chi connectivity index (χ1n) is 9.06. The van der Waals surface area contributed by atoms with E-state index in [4.69, 9.17) is 9.47 Å². The highest BCUT2D eigenvalue weighted by molar-refractivity contribution is 5.74. The molecule has 1 N–H and O–H groups in total. The molecule has 1 aliphatic heterocycles. The van der Waals surface area contributed by atoms with Gasteiger partial charge in [-0.2, -0.15) is 0 Å². The zero-order chi connectivity index (χ0) is 19.9. The Bertz CT molecular complexity index is 794. The lowest BCUT2D eigenvalue weighted by atomic mass is 10.2. The molecular formula is C20H23F2N3O3. The largest absolute Gasteiger partial charge is 0.497 e. The number of hydrogen-bond donors (Lipinski definition) is 1. The third-order valence-corrected chi connectivity index (χ3v) is 4.54. The number of nitrogens with zero attached hydrogens (tertiary/aromatic N) is 2. The molecule has 28 heavy (non-hydrogen) atoms. The Kier molecular flexibility index (Phi) is 6.52. The molecule has 8 heteroatoms. The van der Waals surface area contributed by atoms with Crippen molar-refractivity contribution in [3.63, 3.8) is 0 Å². The van der Waals surface area contributed by atoms with E-state index in [0.717, 1.165) is 36.7 Å². The second-order valence-electron chi connectivity index (χ2n) is 6.33. The first-order chi connectivity index (χ1) is 13.6. The predicted molar refractivity (Wildman–Crippen MR) is 102 cm³/mol. The molecule has 0 radical (unpaired) electrons. The summed E-state index contributed by atoms with van der Waals surface area (Å²) in [6, 6.07) is 11.0. The fourth-order valence-corrected chi connectivity index (χ4v) is 2.97. The Morgan fingerprint density at radius 3 is 2.32 bits per heavy atom. The van der Waals surface area contributed by atoms with Gasteiger partial charge in [0.05, 0.1) is 13.7 Å². The second-order valence-corrected chi connectivity index (χ2v) is 6.33. The first-order valence-corrected chi connectivity index (χ1v) is 9.06. The number of amides is 2. The van der Waals surface area contributed by atoms with Crippen LogP contribution in [0.15, 0.2) is 42.5 Å². The van der Waals surface area contributed by atoms with Crippen LogP contribution in [0.2, 0.25) is 0 Å². The highest BCUT2D eigenvalue weighted by Crippen LogP contribution is 2.20. The molecule has 6 nitrogen and oxygen atoms in total. The molecule has 2 aromatic carbocycles. The molecule has 2 amide bonds. The number of anilines is 1. The van der Waals surface area contributed by atoms with Crippen molar-refractivity contribution in [2.24, 2.45) is 0 Å². The molecule has 3 rings (SSSR count). The fraction of sp³-hybridized carbons (Fsp3) is 0.350. The van der Waals surface area contributed by atoms with Crippen molar-refractivity contribution in [3.05, 3.63) is 54.1 Å². The maximum absolute atomic E-state index is 13.1. The second kappa shape index (κ2) is 9.25. The van der Waals surface area contributed by atoms with Crippen LogP contribution in [0.3, 0.4) is 0 Å². The zero-order valence-corrected chi connectivity index (χ0v) is 15.7. The van der Waals surface area contributed by atoms with Crippen LogP contribution < -0.4 is 19.7 Å². The van der Waals surface area contributed by atoms with E-state index >= 15 is 0 Å². The highest BCUT2D eigenvalue weighted by Gasteiger charge is 2.21. The van der Waals surface area contributed by atoms with E-state index in [-0.39, 0.29) is 24.9 Å². The van der Waals surface area contributed by atoms with Gasteiger partial charge in [0.2, 0.25) is 0 Å². The molecule has 0 aliphatic carbocycles. The Balaban J connectivity index is 1.38. The Hall–Kier alpha value is -3.03.